The predicted molar refractivity (Wildman–Crippen MR) is 42.5 cm³/mol. The molecule has 2 aliphatic carbocycles. The van der Waals surface area contributed by atoms with E-state index in [1.807, 2.05) is 0 Å². The molecule has 12 heavy (non-hydrogen) atoms. The number of ketones is 1. The smallest absolute Gasteiger partial charge is 0.144 e. The Morgan fingerprint density at radius 2 is 2.08 bits per heavy atom. The van der Waals surface area contributed by atoms with E-state index in [1.165, 1.54) is 0 Å². The summed E-state index contributed by atoms with van der Waals surface area (Å²) in [7, 11) is 0. The van der Waals surface area contributed by atoms with Gasteiger partial charge >= 0.3 is 0 Å². The van der Waals surface area contributed by atoms with Crippen LogP contribution in [0.15, 0.2) is 0 Å². The van der Waals surface area contributed by atoms with Gasteiger partial charge in [0.05, 0.1) is 17.6 Å². The van der Waals surface area contributed by atoms with Crippen molar-refractivity contribution >= 4 is 5.78 Å². The number of fused-ring (bicyclic) bond motifs is 2. The first-order valence-electron chi connectivity index (χ1n) is 4.46. The van der Waals surface area contributed by atoms with Gasteiger partial charge in [0.25, 0.3) is 0 Å². The summed E-state index contributed by atoms with van der Waals surface area (Å²) in [5, 5.41) is 19.3. The Hall–Kier alpha value is -0.410. The van der Waals surface area contributed by atoms with E-state index in [-0.39, 0.29) is 11.7 Å². The third kappa shape index (κ3) is 0.756. The summed E-state index contributed by atoms with van der Waals surface area (Å²) in [6.45, 7) is 1.68. The second-order valence-corrected chi connectivity index (χ2v) is 4.21. The Bertz CT molecular complexity index is 226. The van der Waals surface area contributed by atoms with Crippen LogP contribution in [0, 0.1) is 11.3 Å². The Labute approximate surface area is 71.4 Å². The van der Waals surface area contributed by atoms with Crippen LogP contribution in [0.25, 0.3) is 0 Å². The minimum atomic E-state index is -0.858. The number of aliphatic hydroxyl groups excluding tert-OH is 2. The molecule has 68 valence electrons. The number of carbonyl (C=O) groups is 1. The summed E-state index contributed by atoms with van der Waals surface area (Å²) in [4.78, 5) is 11.5. The van der Waals surface area contributed by atoms with Gasteiger partial charge in [-0.15, -0.1) is 0 Å². The first kappa shape index (κ1) is 8.20. The minimum Gasteiger partial charge on any atom is -0.392 e. The highest BCUT2D eigenvalue weighted by Gasteiger charge is 2.57. The standard InChI is InChI=1S/C9H14O3/c1-9-6(10)3-2-5(8(9)12)4-7(9)11/h5-6,8,10,12H,2-4H2,1H3. The van der Waals surface area contributed by atoms with Crippen LogP contribution < -0.4 is 0 Å². The molecule has 2 bridgehead atoms. The quantitative estimate of drug-likeness (QED) is 0.542. The third-order valence-electron chi connectivity index (χ3n) is 3.61. The summed E-state index contributed by atoms with van der Waals surface area (Å²) in [5.74, 6) is 0.135. The molecule has 0 radical (unpaired) electrons. The molecule has 2 aliphatic rings. The minimum absolute atomic E-state index is 0.0324. The van der Waals surface area contributed by atoms with E-state index < -0.39 is 17.6 Å². The fourth-order valence-electron chi connectivity index (χ4n) is 2.54. The number of rotatable bonds is 0. The molecule has 0 aromatic rings. The van der Waals surface area contributed by atoms with Crippen molar-refractivity contribution in [2.45, 2.75) is 38.4 Å². The van der Waals surface area contributed by atoms with Crippen molar-refractivity contribution in [3.8, 4) is 0 Å². The maximum Gasteiger partial charge on any atom is 0.144 e. The van der Waals surface area contributed by atoms with Crippen LogP contribution in [0.1, 0.15) is 26.2 Å². The lowest BCUT2D eigenvalue weighted by Crippen LogP contribution is -2.48. The Morgan fingerprint density at radius 1 is 1.42 bits per heavy atom. The van der Waals surface area contributed by atoms with Gasteiger partial charge < -0.3 is 10.2 Å². The Morgan fingerprint density at radius 3 is 2.67 bits per heavy atom. The van der Waals surface area contributed by atoms with Crippen LogP contribution in [0.3, 0.4) is 0 Å². The number of hydrogen-bond acceptors (Lipinski definition) is 3. The topological polar surface area (TPSA) is 57.5 Å². The summed E-state index contributed by atoms with van der Waals surface area (Å²) in [5.41, 5.74) is -0.858. The second kappa shape index (κ2) is 2.30. The van der Waals surface area contributed by atoms with Crippen molar-refractivity contribution in [2.75, 3.05) is 0 Å². The molecule has 2 fully saturated rings. The lowest BCUT2D eigenvalue weighted by molar-refractivity contribution is -0.140. The zero-order valence-electron chi connectivity index (χ0n) is 7.16. The average molecular weight is 170 g/mol. The van der Waals surface area contributed by atoms with Crippen LogP contribution in [-0.2, 0) is 4.79 Å². The fourth-order valence-corrected chi connectivity index (χ4v) is 2.54. The molecule has 4 atom stereocenters. The van der Waals surface area contributed by atoms with Crippen molar-refractivity contribution in [1.29, 1.82) is 0 Å². The molecular weight excluding hydrogens is 156 g/mol. The summed E-state index contributed by atoms with van der Waals surface area (Å²) >= 11 is 0. The van der Waals surface area contributed by atoms with Gasteiger partial charge in [-0.2, -0.15) is 0 Å². The molecule has 3 heteroatoms. The monoisotopic (exact) mass is 170 g/mol. The van der Waals surface area contributed by atoms with Gasteiger partial charge in [0.1, 0.15) is 5.78 Å². The molecule has 0 spiro atoms. The highest BCUT2D eigenvalue weighted by molar-refractivity contribution is 5.88. The van der Waals surface area contributed by atoms with Crippen LogP contribution in [0.4, 0.5) is 0 Å². The summed E-state index contributed by atoms with van der Waals surface area (Å²) < 4.78 is 0. The molecule has 0 aromatic heterocycles. The molecule has 0 saturated heterocycles. The third-order valence-corrected chi connectivity index (χ3v) is 3.61. The van der Waals surface area contributed by atoms with Gasteiger partial charge in [-0.3, -0.25) is 4.79 Å². The van der Waals surface area contributed by atoms with Crippen molar-refractivity contribution in [3.05, 3.63) is 0 Å². The van der Waals surface area contributed by atoms with E-state index in [2.05, 4.69) is 0 Å². The normalized spacial score (nSPS) is 52.9. The highest BCUT2D eigenvalue weighted by Crippen LogP contribution is 2.48. The van der Waals surface area contributed by atoms with E-state index >= 15 is 0 Å². The number of hydrogen-bond donors (Lipinski definition) is 2. The van der Waals surface area contributed by atoms with Gasteiger partial charge in [0.15, 0.2) is 0 Å². The van der Waals surface area contributed by atoms with Gasteiger partial charge in [0, 0.05) is 6.42 Å². The number of aliphatic hydroxyl groups is 2. The fraction of sp³-hybridized carbons (Fsp3) is 0.889. The lowest BCUT2D eigenvalue weighted by Gasteiger charge is -2.37. The van der Waals surface area contributed by atoms with E-state index in [4.69, 9.17) is 0 Å². The lowest BCUT2D eigenvalue weighted by atomic mass is 9.72. The van der Waals surface area contributed by atoms with Crippen LogP contribution in [-0.4, -0.2) is 28.2 Å². The van der Waals surface area contributed by atoms with Gasteiger partial charge in [-0.05, 0) is 25.7 Å². The van der Waals surface area contributed by atoms with E-state index in [0.717, 1.165) is 6.42 Å². The van der Waals surface area contributed by atoms with Crippen molar-refractivity contribution in [2.24, 2.45) is 11.3 Å². The molecule has 0 aromatic carbocycles. The molecule has 2 N–H and O–H groups in total. The maximum atomic E-state index is 11.5. The Kier molecular flexibility index (Phi) is 1.57. The maximum absolute atomic E-state index is 11.5. The molecule has 2 saturated carbocycles. The average Bonchev–Trinajstić information content (AvgIpc) is 2.17. The van der Waals surface area contributed by atoms with Crippen LogP contribution in [0.5, 0.6) is 0 Å². The first-order chi connectivity index (χ1) is 5.56. The molecule has 2 rings (SSSR count). The van der Waals surface area contributed by atoms with Crippen molar-refractivity contribution in [3.63, 3.8) is 0 Å². The largest absolute Gasteiger partial charge is 0.392 e. The predicted octanol–water partition coefficient (Wildman–Crippen LogP) is 0.0973. The number of Topliss-reactive ketones (excluding diaryl/α,β-unsaturated/α-hetero) is 1. The zero-order chi connectivity index (χ0) is 8.93. The Balaban J connectivity index is 2.38. The van der Waals surface area contributed by atoms with E-state index in [0.29, 0.717) is 12.8 Å². The van der Waals surface area contributed by atoms with Crippen LogP contribution in [0.2, 0.25) is 0 Å². The van der Waals surface area contributed by atoms with Gasteiger partial charge in [-0.25, -0.2) is 0 Å². The molecule has 4 unspecified atom stereocenters. The zero-order valence-corrected chi connectivity index (χ0v) is 7.16. The molecule has 0 aliphatic heterocycles. The first-order valence-corrected chi connectivity index (χ1v) is 4.46. The van der Waals surface area contributed by atoms with Crippen LogP contribution >= 0.6 is 0 Å². The van der Waals surface area contributed by atoms with E-state index in [9.17, 15) is 15.0 Å². The SMILES string of the molecule is CC12C(=O)CC(CCC1O)C2O. The molecule has 0 amide bonds. The second-order valence-electron chi connectivity index (χ2n) is 4.21. The van der Waals surface area contributed by atoms with Crippen molar-refractivity contribution in [1.82, 2.24) is 0 Å². The molecule has 0 heterocycles. The van der Waals surface area contributed by atoms with Crippen molar-refractivity contribution < 1.29 is 15.0 Å². The van der Waals surface area contributed by atoms with Gasteiger partial charge in [-0.1, -0.05) is 0 Å². The summed E-state index contributed by atoms with van der Waals surface area (Å²) in [6, 6.07) is 0. The summed E-state index contributed by atoms with van der Waals surface area (Å²) in [6.07, 6.45) is 0.634. The molecular formula is C9H14O3. The van der Waals surface area contributed by atoms with E-state index in [1.54, 1.807) is 6.92 Å². The number of carbonyl (C=O) groups excluding carboxylic acids is 1. The molecule has 3 nitrogen and oxygen atoms in total. The van der Waals surface area contributed by atoms with Gasteiger partial charge in [0.2, 0.25) is 0 Å². The highest BCUT2D eigenvalue weighted by atomic mass is 16.3.